The number of hydrogen-bond acceptors (Lipinski definition) is 2. The molecule has 0 aromatic heterocycles. The molecule has 0 unspecified atom stereocenters. The van der Waals surface area contributed by atoms with Crippen LogP contribution in [-0.4, -0.2) is 17.6 Å². The van der Waals surface area contributed by atoms with Crippen LogP contribution in [0, 0.1) is 0 Å². The van der Waals surface area contributed by atoms with Gasteiger partial charge in [-0.3, -0.25) is 4.79 Å². The molecule has 0 saturated carbocycles. The summed E-state index contributed by atoms with van der Waals surface area (Å²) in [7, 11) is 0. The van der Waals surface area contributed by atoms with Gasteiger partial charge in [0.15, 0.2) is 0 Å². The van der Waals surface area contributed by atoms with Gasteiger partial charge in [0.25, 0.3) is 0 Å². The highest BCUT2D eigenvalue weighted by Gasteiger charge is 2.10. The Morgan fingerprint density at radius 3 is 2.94 bits per heavy atom. The lowest BCUT2D eigenvalue weighted by Crippen LogP contribution is -2.17. The summed E-state index contributed by atoms with van der Waals surface area (Å²) in [4.78, 5) is 10.3. The number of aliphatic carboxylic acids is 1. The zero-order chi connectivity index (χ0) is 11.4. The Balaban J connectivity index is 1.83. The second kappa shape index (κ2) is 5.12. The number of carboxylic acids is 1. The van der Waals surface area contributed by atoms with E-state index >= 15 is 0 Å². The lowest BCUT2D eigenvalue weighted by Gasteiger charge is -2.06. The van der Waals surface area contributed by atoms with Gasteiger partial charge in [0, 0.05) is 13.1 Å². The summed E-state index contributed by atoms with van der Waals surface area (Å²) < 4.78 is 0. The minimum Gasteiger partial charge on any atom is -0.481 e. The maximum absolute atomic E-state index is 10.3. The number of benzene rings is 1. The average molecular weight is 219 g/mol. The molecule has 0 atom stereocenters. The van der Waals surface area contributed by atoms with Crippen molar-refractivity contribution in [2.45, 2.75) is 32.2 Å². The van der Waals surface area contributed by atoms with Gasteiger partial charge in [-0.05, 0) is 36.0 Å². The maximum atomic E-state index is 10.3. The van der Waals surface area contributed by atoms with E-state index in [-0.39, 0.29) is 6.42 Å². The number of aryl methyl sites for hydroxylation is 2. The number of hydrogen-bond donors (Lipinski definition) is 2. The molecule has 1 aromatic carbocycles. The molecule has 0 saturated heterocycles. The minimum atomic E-state index is -0.749. The Morgan fingerprint density at radius 2 is 2.12 bits per heavy atom. The molecule has 86 valence electrons. The van der Waals surface area contributed by atoms with Crippen molar-refractivity contribution in [2.75, 3.05) is 6.54 Å². The molecule has 3 nitrogen and oxygen atoms in total. The van der Waals surface area contributed by atoms with Gasteiger partial charge in [0.2, 0.25) is 0 Å². The lowest BCUT2D eigenvalue weighted by atomic mass is 10.1. The highest BCUT2D eigenvalue weighted by molar-refractivity contribution is 5.66. The van der Waals surface area contributed by atoms with E-state index in [0.717, 1.165) is 6.54 Å². The van der Waals surface area contributed by atoms with Crippen LogP contribution in [-0.2, 0) is 24.2 Å². The first kappa shape index (κ1) is 11.1. The Bertz CT molecular complexity index is 388. The number of nitrogens with one attached hydrogen (secondary N) is 1. The molecule has 0 spiro atoms. The fourth-order valence-electron chi connectivity index (χ4n) is 2.16. The molecule has 1 aliphatic carbocycles. The van der Waals surface area contributed by atoms with Gasteiger partial charge in [-0.25, -0.2) is 0 Å². The Hall–Kier alpha value is -1.35. The first-order chi connectivity index (χ1) is 7.75. The van der Waals surface area contributed by atoms with Crippen LogP contribution in [0.2, 0.25) is 0 Å². The van der Waals surface area contributed by atoms with Crippen molar-refractivity contribution >= 4 is 5.97 Å². The molecule has 3 heteroatoms. The predicted octanol–water partition coefficient (Wildman–Crippen LogP) is 1.74. The van der Waals surface area contributed by atoms with Crippen LogP contribution in [0.5, 0.6) is 0 Å². The zero-order valence-corrected chi connectivity index (χ0v) is 9.33. The smallest absolute Gasteiger partial charge is 0.304 e. The van der Waals surface area contributed by atoms with Crippen molar-refractivity contribution in [3.63, 3.8) is 0 Å². The van der Waals surface area contributed by atoms with E-state index in [4.69, 9.17) is 5.11 Å². The van der Waals surface area contributed by atoms with Crippen LogP contribution in [0.1, 0.15) is 29.5 Å². The molecular weight excluding hydrogens is 202 g/mol. The molecule has 0 heterocycles. The monoisotopic (exact) mass is 219 g/mol. The highest BCUT2D eigenvalue weighted by Crippen LogP contribution is 2.22. The largest absolute Gasteiger partial charge is 0.481 e. The predicted molar refractivity (Wildman–Crippen MR) is 62.4 cm³/mol. The second-order valence-corrected chi connectivity index (χ2v) is 4.28. The standard InChI is InChI=1S/C13H17NO2/c15-13(16)6-7-14-9-10-4-5-11-2-1-3-12(11)8-10/h4-5,8,14H,1-3,6-7,9H2,(H,15,16). The van der Waals surface area contributed by atoms with E-state index in [9.17, 15) is 4.79 Å². The van der Waals surface area contributed by atoms with Crippen LogP contribution in [0.15, 0.2) is 18.2 Å². The van der Waals surface area contributed by atoms with Gasteiger partial charge in [0.05, 0.1) is 6.42 Å². The van der Waals surface area contributed by atoms with E-state index in [0.29, 0.717) is 6.54 Å². The molecular formula is C13H17NO2. The van der Waals surface area contributed by atoms with Crippen molar-refractivity contribution < 1.29 is 9.90 Å². The summed E-state index contributed by atoms with van der Waals surface area (Å²) in [5, 5.41) is 11.6. The first-order valence-electron chi connectivity index (χ1n) is 5.79. The maximum Gasteiger partial charge on any atom is 0.304 e. The third-order valence-electron chi connectivity index (χ3n) is 3.01. The average Bonchev–Trinajstić information content (AvgIpc) is 2.71. The van der Waals surface area contributed by atoms with Crippen molar-refractivity contribution in [3.8, 4) is 0 Å². The van der Waals surface area contributed by atoms with E-state index in [1.165, 1.54) is 36.0 Å². The van der Waals surface area contributed by atoms with Gasteiger partial charge < -0.3 is 10.4 Å². The van der Waals surface area contributed by atoms with Crippen LogP contribution in [0.3, 0.4) is 0 Å². The SMILES string of the molecule is O=C(O)CCNCc1ccc2c(c1)CCC2. The van der Waals surface area contributed by atoms with Gasteiger partial charge in [-0.15, -0.1) is 0 Å². The molecule has 0 radical (unpaired) electrons. The molecule has 0 bridgehead atoms. The van der Waals surface area contributed by atoms with E-state index in [1.807, 2.05) is 0 Å². The number of rotatable bonds is 5. The summed E-state index contributed by atoms with van der Waals surface area (Å²) in [6, 6.07) is 6.59. The fourth-order valence-corrected chi connectivity index (χ4v) is 2.16. The summed E-state index contributed by atoms with van der Waals surface area (Å²) in [6.45, 7) is 1.30. The zero-order valence-electron chi connectivity index (χ0n) is 9.33. The topological polar surface area (TPSA) is 49.3 Å². The Labute approximate surface area is 95.5 Å². The first-order valence-corrected chi connectivity index (χ1v) is 5.79. The van der Waals surface area contributed by atoms with E-state index < -0.39 is 5.97 Å². The normalized spacial score (nSPS) is 13.8. The quantitative estimate of drug-likeness (QED) is 0.742. The molecule has 1 aliphatic rings. The molecule has 0 aliphatic heterocycles. The van der Waals surface area contributed by atoms with Crippen molar-refractivity contribution in [1.82, 2.24) is 5.32 Å². The third kappa shape index (κ3) is 2.83. The highest BCUT2D eigenvalue weighted by atomic mass is 16.4. The van der Waals surface area contributed by atoms with Crippen LogP contribution in [0.25, 0.3) is 0 Å². The van der Waals surface area contributed by atoms with Crippen LogP contribution in [0.4, 0.5) is 0 Å². The van der Waals surface area contributed by atoms with Crippen LogP contribution >= 0.6 is 0 Å². The minimum absolute atomic E-state index is 0.185. The second-order valence-electron chi connectivity index (χ2n) is 4.28. The molecule has 2 rings (SSSR count). The summed E-state index contributed by atoms with van der Waals surface area (Å²) >= 11 is 0. The van der Waals surface area contributed by atoms with Gasteiger partial charge in [-0.1, -0.05) is 18.2 Å². The van der Waals surface area contributed by atoms with E-state index in [1.54, 1.807) is 0 Å². The Kier molecular flexibility index (Phi) is 3.57. The number of carboxylic acid groups (broad SMARTS) is 1. The third-order valence-corrected chi connectivity index (χ3v) is 3.01. The van der Waals surface area contributed by atoms with Crippen LogP contribution < -0.4 is 5.32 Å². The van der Waals surface area contributed by atoms with Crippen molar-refractivity contribution in [3.05, 3.63) is 34.9 Å². The molecule has 0 amide bonds. The van der Waals surface area contributed by atoms with Gasteiger partial charge in [0.1, 0.15) is 0 Å². The van der Waals surface area contributed by atoms with Crippen molar-refractivity contribution in [1.29, 1.82) is 0 Å². The number of carbonyl (C=O) groups is 1. The van der Waals surface area contributed by atoms with Gasteiger partial charge in [-0.2, -0.15) is 0 Å². The molecule has 0 fully saturated rings. The molecule has 16 heavy (non-hydrogen) atoms. The summed E-state index contributed by atoms with van der Waals surface area (Å²) in [5.74, 6) is -0.749. The fraction of sp³-hybridized carbons (Fsp3) is 0.462. The number of fused-ring (bicyclic) bond motifs is 1. The van der Waals surface area contributed by atoms with Gasteiger partial charge >= 0.3 is 5.97 Å². The van der Waals surface area contributed by atoms with E-state index in [2.05, 4.69) is 23.5 Å². The van der Waals surface area contributed by atoms with Crippen molar-refractivity contribution in [2.24, 2.45) is 0 Å². The Morgan fingerprint density at radius 1 is 1.31 bits per heavy atom. The molecule has 1 aromatic rings. The summed E-state index contributed by atoms with van der Waals surface area (Å²) in [5.41, 5.74) is 4.21. The summed E-state index contributed by atoms with van der Waals surface area (Å²) in [6.07, 6.45) is 3.86. The lowest BCUT2D eigenvalue weighted by molar-refractivity contribution is -0.136. The molecule has 2 N–H and O–H groups in total.